The number of allylic oxidation sites excluding steroid dienone is 1. The Kier molecular flexibility index (Phi) is 2.68. The number of nitrogens with zero attached hydrogens (tertiary/aromatic N) is 1. The third-order valence-corrected chi connectivity index (χ3v) is 5.22. The Morgan fingerprint density at radius 1 is 1.21 bits per heavy atom. The molecule has 1 aromatic carbocycles. The average Bonchev–Trinajstić information content (AvgIpc) is 2.85. The van der Waals surface area contributed by atoms with Crippen molar-refractivity contribution < 1.29 is 0 Å². The Bertz CT molecular complexity index is 567. The second-order valence-corrected chi connectivity index (χ2v) is 7.01. The van der Waals surface area contributed by atoms with Gasteiger partial charge in [0.1, 0.15) is 0 Å². The molecule has 1 N–H and O–H groups in total. The van der Waals surface area contributed by atoms with Crippen LogP contribution in [0, 0.1) is 5.41 Å². The minimum absolute atomic E-state index is 0.520. The highest BCUT2D eigenvalue weighted by Crippen LogP contribution is 2.52. The number of rotatable bonds is 2. The van der Waals surface area contributed by atoms with Gasteiger partial charge in [-0.1, -0.05) is 28.1 Å². The van der Waals surface area contributed by atoms with Crippen LogP contribution >= 0.6 is 15.9 Å². The number of hydrogen-bond acceptors (Lipinski definition) is 2. The monoisotopic (exact) mass is 316 g/mol. The lowest BCUT2D eigenvalue weighted by molar-refractivity contribution is 0.568. The average molecular weight is 317 g/mol. The third kappa shape index (κ3) is 2.19. The first-order valence-corrected chi connectivity index (χ1v) is 7.78. The molecule has 1 aliphatic carbocycles. The van der Waals surface area contributed by atoms with Gasteiger partial charge in [0.25, 0.3) is 0 Å². The quantitative estimate of drug-likeness (QED) is 0.882. The van der Waals surface area contributed by atoms with E-state index in [1.54, 1.807) is 0 Å². The van der Waals surface area contributed by atoms with Gasteiger partial charge in [0.05, 0.1) is 0 Å². The molecule has 2 heterocycles. The fraction of sp³-hybridized carbons (Fsp3) is 0.438. The van der Waals surface area contributed by atoms with Crippen molar-refractivity contribution in [2.24, 2.45) is 10.4 Å². The Labute approximate surface area is 122 Å². The molecule has 0 aromatic heterocycles. The van der Waals surface area contributed by atoms with E-state index in [4.69, 9.17) is 0 Å². The maximum atomic E-state index is 4.67. The first-order valence-electron chi connectivity index (χ1n) is 6.99. The molecule has 3 heteroatoms. The predicted molar refractivity (Wildman–Crippen MR) is 82.2 cm³/mol. The molecule has 2 aliphatic heterocycles. The van der Waals surface area contributed by atoms with Crippen molar-refractivity contribution in [1.82, 2.24) is 5.32 Å². The number of hydrogen-bond donors (Lipinski definition) is 1. The van der Waals surface area contributed by atoms with E-state index in [2.05, 4.69) is 56.7 Å². The Balaban J connectivity index is 1.45. The van der Waals surface area contributed by atoms with Gasteiger partial charge in [-0.15, -0.1) is 0 Å². The molecule has 1 aromatic rings. The smallest absolute Gasteiger partial charge is 0.0464 e. The minimum Gasteiger partial charge on any atom is -0.308 e. The number of aliphatic imine (C=N–C) groups is 1. The van der Waals surface area contributed by atoms with Crippen molar-refractivity contribution >= 4 is 27.2 Å². The van der Waals surface area contributed by atoms with Gasteiger partial charge >= 0.3 is 0 Å². The molecule has 2 nitrogen and oxygen atoms in total. The molecule has 1 saturated heterocycles. The molecule has 19 heavy (non-hydrogen) atoms. The molecule has 4 rings (SSSR count). The highest BCUT2D eigenvalue weighted by Gasteiger charge is 2.49. The molecule has 0 radical (unpaired) electrons. The molecule has 98 valence electrons. The van der Waals surface area contributed by atoms with Gasteiger partial charge in [-0.2, -0.15) is 0 Å². The van der Waals surface area contributed by atoms with E-state index in [-0.39, 0.29) is 0 Å². The molecular weight excluding hydrogens is 300 g/mol. The highest BCUT2D eigenvalue weighted by molar-refractivity contribution is 9.10. The molecule has 3 aliphatic rings. The van der Waals surface area contributed by atoms with Gasteiger partial charge < -0.3 is 5.32 Å². The van der Waals surface area contributed by atoms with E-state index in [9.17, 15) is 0 Å². The molecule has 1 spiro atoms. The van der Waals surface area contributed by atoms with Crippen molar-refractivity contribution in [1.29, 1.82) is 0 Å². The van der Waals surface area contributed by atoms with Crippen LogP contribution in [-0.2, 0) is 0 Å². The van der Waals surface area contributed by atoms with Crippen molar-refractivity contribution in [2.45, 2.75) is 31.7 Å². The number of halogens is 1. The first-order chi connectivity index (χ1) is 9.24. The van der Waals surface area contributed by atoms with E-state index in [0.29, 0.717) is 11.5 Å². The van der Waals surface area contributed by atoms with Crippen molar-refractivity contribution in [3.63, 3.8) is 0 Å². The summed E-state index contributed by atoms with van der Waals surface area (Å²) in [7, 11) is 0. The second-order valence-electron chi connectivity index (χ2n) is 6.10. The zero-order valence-corrected chi connectivity index (χ0v) is 12.4. The molecule has 1 unspecified atom stereocenters. The van der Waals surface area contributed by atoms with Crippen LogP contribution < -0.4 is 5.32 Å². The van der Waals surface area contributed by atoms with Crippen LogP contribution in [-0.4, -0.2) is 18.3 Å². The first kappa shape index (κ1) is 11.9. The van der Waals surface area contributed by atoms with Crippen LogP contribution in [0.1, 0.15) is 31.2 Å². The van der Waals surface area contributed by atoms with E-state index < -0.39 is 0 Å². The summed E-state index contributed by atoms with van der Waals surface area (Å²) in [4.78, 5) is 4.67. The van der Waals surface area contributed by atoms with Crippen molar-refractivity contribution in [2.75, 3.05) is 6.54 Å². The lowest BCUT2D eigenvalue weighted by atomic mass is 9.96. The topological polar surface area (TPSA) is 24.4 Å². The summed E-state index contributed by atoms with van der Waals surface area (Å²) < 4.78 is 1.13. The molecular formula is C16H17BrN2. The highest BCUT2D eigenvalue weighted by atomic mass is 79.9. The Morgan fingerprint density at radius 2 is 2.00 bits per heavy atom. The van der Waals surface area contributed by atoms with Crippen LogP contribution in [0.3, 0.4) is 0 Å². The van der Waals surface area contributed by atoms with Gasteiger partial charge in [0.15, 0.2) is 0 Å². The summed E-state index contributed by atoms with van der Waals surface area (Å²) in [6.07, 6.45) is 7.19. The van der Waals surface area contributed by atoms with E-state index >= 15 is 0 Å². The molecule has 1 atom stereocenters. The zero-order chi connectivity index (χ0) is 12.9. The number of benzene rings is 1. The maximum Gasteiger partial charge on any atom is 0.0464 e. The molecule has 0 amide bonds. The summed E-state index contributed by atoms with van der Waals surface area (Å²) in [5.74, 6) is 0. The lowest BCUT2D eigenvalue weighted by Crippen LogP contribution is -2.29. The van der Waals surface area contributed by atoms with Crippen LogP contribution in [0.5, 0.6) is 0 Å². The van der Waals surface area contributed by atoms with Gasteiger partial charge in [-0.3, -0.25) is 4.99 Å². The molecule has 2 fully saturated rings. The van der Waals surface area contributed by atoms with Gasteiger partial charge in [-0.05, 0) is 47.9 Å². The zero-order valence-electron chi connectivity index (χ0n) is 10.8. The van der Waals surface area contributed by atoms with Crippen LogP contribution in [0.4, 0.5) is 0 Å². The van der Waals surface area contributed by atoms with Crippen molar-refractivity contribution in [3.8, 4) is 0 Å². The largest absolute Gasteiger partial charge is 0.308 e. The lowest BCUT2D eigenvalue weighted by Gasteiger charge is -2.11. The minimum atomic E-state index is 0.520. The molecule has 1 saturated carbocycles. The van der Waals surface area contributed by atoms with E-state index in [0.717, 1.165) is 10.9 Å². The summed E-state index contributed by atoms with van der Waals surface area (Å²) >= 11 is 3.48. The van der Waals surface area contributed by atoms with Crippen molar-refractivity contribution in [3.05, 3.63) is 40.5 Å². The normalized spacial score (nSPS) is 27.5. The van der Waals surface area contributed by atoms with Gasteiger partial charge in [-0.25, -0.2) is 0 Å². The summed E-state index contributed by atoms with van der Waals surface area (Å²) in [6, 6.07) is 9.05. The summed E-state index contributed by atoms with van der Waals surface area (Å²) in [6.45, 7) is 1.20. The van der Waals surface area contributed by atoms with E-state index in [1.807, 2.05) is 0 Å². The molecule has 0 bridgehead atoms. The standard InChI is InChI=1S/C16H17BrN2/c17-13-3-1-11(2-4-13)12-7-14(18-9-12)15-8-16(5-6-16)10-19-15/h1-4,9,15,19H,5-8,10H2. The fourth-order valence-corrected chi connectivity index (χ4v) is 3.48. The van der Waals surface area contributed by atoms with Crippen LogP contribution in [0.15, 0.2) is 39.9 Å². The number of nitrogens with one attached hydrogen (secondary N) is 1. The summed E-state index contributed by atoms with van der Waals surface area (Å²) in [5, 5.41) is 3.66. The Hall–Kier alpha value is -0.930. The van der Waals surface area contributed by atoms with E-state index in [1.165, 1.54) is 42.7 Å². The SMILES string of the molecule is Brc1ccc(C2=CN=C(C3CC4(CC4)CN3)C2)cc1. The summed E-state index contributed by atoms with van der Waals surface area (Å²) in [5.41, 5.74) is 4.62. The van der Waals surface area contributed by atoms with Gasteiger partial charge in [0.2, 0.25) is 0 Å². The Morgan fingerprint density at radius 3 is 2.68 bits per heavy atom. The predicted octanol–water partition coefficient (Wildman–Crippen LogP) is 3.78. The second kappa shape index (κ2) is 4.29. The fourth-order valence-electron chi connectivity index (χ4n) is 3.21. The third-order valence-electron chi connectivity index (χ3n) is 4.69. The maximum absolute atomic E-state index is 4.67. The van der Waals surface area contributed by atoms with Crippen LogP contribution in [0.2, 0.25) is 0 Å². The van der Waals surface area contributed by atoms with Gasteiger partial charge in [0, 0.05) is 35.4 Å². The van der Waals surface area contributed by atoms with Crippen LogP contribution in [0.25, 0.3) is 5.57 Å².